The molecule has 1 amide bonds. The molecule has 0 spiro atoms. The highest BCUT2D eigenvalue weighted by Gasteiger charge is 2.24. The lowest BCUT2D eigenvalue weighted by Crippen LogP contribution is -2.44. The molecule has 0 aliphatic carbocycles. The van der Waals surface area contributed by atoms with Gasteiger partial charge in [0.05, 0.1) is 5.69 Å². The molecule has 1 N–H and O–H groups in total. The van der Waals surface area contributed by atoms with Crippen molar-refractivity contribution in [3.8, 4) is 0 Å². The molecule has 1 aromatic heterocycles. The van der Waals surface area contributed by atoms with Gasteiger partial charge in [-0.25, -0.2) is 13.2 Å². The number of aromatic nitrogens is 1. The molecule has 0 radical (unpaired) electrons. The van der Waals surface area contributed by atoms with Gasteiger partial charge in [0, 0.05) is 19.1 Å². The van der Waals surface area contributed by atoms with Crippen LogP contribution in [0.2, 0.25) is 0 Å². The van der Waals surface area contributed by atoms with Crippen molar-refractivity contribution in [3.63, 3.8) is 0 Å². The van der Waals surface area contributed by atoms with Gasteiger partial charge in [-0.15, -0.1) is 0 Å². The van der Waals surface area contributed by atoms with Gasteiger partial charge in [-0.1, -0.05) is 30.3 Å². The predicted molar refractivity (Wildman–Crippen MR) is 95.5 cm³/mol. The van der Waals surface area contributed by atoms with Gasteiger partial charge in [0.2, 0.25) is 6.04 Å². The Bertz CT molecular complexity index is 944. The number of rotatable bonds is 5. The number of carbonyl (C=O) groups is 1. The lowest BCUT2D eigenvalue weighted by atomic mass is 10.1. The van der Waals surface area contributed by atoms with E-state index in [9.17, 15) is 18.0 Å². The van der Waals surface area contributed by atoms with E-state index in [-0.39, 0.29) is 0 Å². The molecule has 3 rings (SSSR count). The van der Waals surface area contributed by atoms with Crippen LogP contribution in [0, 0.1) is 17.5 Å². The maximum Gasteiger partial charge on any atom is 0.293 e. The summed E-state index contributed by atoms with van der Waals surface area (Å²) in [7, 11) is 0. The minimum absolute atomic E-state index is 0.396. The van der Waals surface area contributed by atoms with E-state index in [0.29, 0.717) is 0 Å². The van der Waals surface area contributed by atoms with Crippen LogP contribution in [0.15, 0.2) is 67.0 Å². The molecule has 3 nitrogen and oxygen atoms in total. The Balaban J connectivity index is 1.69. The van der Waals surface area contributed by atoms with Crippen LogP contribution in [-0.4, -0.2) is 5.91 Å². The maximum atomic E-state index is 13.7. The van der Waals surface area contributed by atoms with Gasteiger partial charge >= 0.3 is 0 Å². The number of pyridine rings is 1. The fourth-order valence-corrected chi connectivity index (χ4v) is 2.67. The standard InChI is InChI=1S/C21H17F3N2O/c1-14(21(27)25-18-8-7-17(22)19(23)20(18)24)26-11-9-16(10-12-26)13-15-5-3-2-4-6-15/h2-12,14H,13H2,1H3/p+1/t14-/m0/s1. The Morgan fingerprint density at radius 3 is 2.22 bits per heavy atom. The SMILES string of the molecule is C[C@@H](C(=O)Nc1ccc(F)c(F)c1F)[n+]1ccc(Cc2ccccc2)cc1. The zero-order valence-corrected chi connectivity index (χ0v) is 14.6. The van der Waals surface area contributed by atoms with Crippen molar-refractivity contribution < 1.29 is 22.5 Å². The molecule has 3 aromatic rings. The number of hydrogen-bond acceptors (Lipinski definition) is 1. The molecular formula is C21H18F3N2O+. The molecule has 27 heavy (non-hydrogen) atoms. The molecule has 0 saturated carbocycles. The van der Waals surface area contributed by atoms with E-state index in [1.165, 1.54) is 5.56 Å². The molecular weight excluding hydrogens is 353 g/mol. The number of halogens is 3. The average Bonchev–Trinajstić information content (AvgIpc) is 2.69. The molecule has 0 aliphatic rings. The second-order valence-electron chi connectivity index (χ2n) is 6.20. The zero-order valence-electron chi connectivity index (χ0n) is 14.6. The topological polar surface area (TPSA) is 33.0 Å². The second-order valence-corrected chi connectivity index (χ2v) is 6.20. The Kier molecular flexibility index (Phi) is 5.54. The molecule has 0 bridgehead atoms. The highest BCUT2D eigenvalue weighted by Crippen LogP contribution is 2.20. The largest absolute Gasteiger partial charge is 0.318 e. The maximum absolute atomic E-state index is 13.7. The monoisotopic (exact) mass is 371 g/mol. The molecule has 0 fully saturated rings. The van der Waals surface area contributed by atoms with E-state index in [4.69, 9.17) is 0 Å². The molecule has 0 aliphatic heterocycles. The fourth-order valence-electron chi connectivity index (χ4n) is 2.67. The lowest BCUT2D eigenvalue weighted by Gasteiger charge is -2.10. The summed E-state index contributed by atoms with van der Waals surface area (Å²) in [5.41, 5.74) is 1.86. The smallest absolute Gasteiger partial charge is 0.293 e. The molecule has 0 unspecified atom stereocenters. The van der Waals surface area contributed by atoms with Crippen LogP contribution in [0.25, 0.3) is 0 Å². The van der Waals surface area contributed by atoms with Gasteiger partial charge in [0.1, 0.15) is 0 Å². The lowest BCUT2D eigenvalue weighted by molar-refractivity contribution is -0.705. The molecule has 138 valence electrons. The quantitative estimate of drug-likeness (QED) is 0.530. The number of nitrogens with one attached hydrogen (secondary N) is 1. The average molecular weight is 371 g/mol. The molecule has 1 heterocycles. The normalized spacial score (nSPS) is 11.9. The first-order valence-electron chi connectivity index (χ1n) is 8.43. The third-order valence-corrected chi connectivity index (χ3v) is 4.29. The Labute approximate surface area is 155 Å². The van der Waals surface area contributed by atoms with Crippen molar-refractivity contribution in [1.82, 2.24) is 0 Å². The van der Waals surface area contributed by atoms with Crippen molar-refractivity contribution >= 4 is 11.6 Å². The summed E-state index contributed by atoms with van der Waals surface area (Å²) in [5.74, 6) is -4.88. The van der Waals surface area contributed by atoms with E-state index in [0.717, 1.165) is 24.1 Å². The van der Waals surface area contributed by atoms with Crippen LogP contribution in [0.1, 0.15) is 24.1 Å². The summed E-state index contributed by atoms with van der Waals surface area (Å²) in [4.78, 5) is 12.3. The number of carbonyl (C=O) groups excluding carboxylic acids is 1. The molecule has 6 heteroatoms. The first-order valence-corrected chi connectivity index (χ1v) is 8.43. The van der Waals surface area contributed by atoms with Crippen molar-refractivity contribution in [1.29, 1.82) is 0 Å². The highest BCUT2D eigenvalue weighted by molar-refractivity contribution is 5.92. The molecule has 1 atom stereocenters. The number of hydrogen-bond donors (Lipinski definition) is 1. The first-order chi connectivity index (χ1) is 13.0. The van der Waals surface area contributed by atoms with Crippen LogP contribution >= 0.6 is 0 Å². The number of anilines is 1. The van der Waals surface area contributed by atoms with Crippen LogP contribution in [0.4, 0.5) is 18.9 Å². The molecule has 2 aromatic carbocycles. The van der Waals surface area contributed by atoms with Crippen LogP contribution in [-0.2, 0) is 11.2 Å². The van der Waals surface area contributed by atoms with E-state index < -0.39 is 35.1 Å². The van der Waals surface area contributed by atoms with Gasteiger partial charge in [0.25, 0.3) is 5.91 Å². The first kappa shape index (κ1) is 18.6. The fraction of sp³-hybridized carbons (Fsp3) is 0.143. The Morgan fingerprint density at radius 2 is 1.56 bits per heavy atom. The van der Waals surface area contributed by atoms with E-state index in [2.05, 4.69) is 5.32 Å². The third kappa shape index (κ3) is 4.34. The summed E-state index contributed by atoms with van der Waals surface area (Å²) >= 11 is 0. The van der Waals surface area contributed by atoms with Crippen LogP contribution in [0.3, 0.4) is 0 Å². The minimum atomic E-state index is -1.61. The van der Waals surface area contributed by atoms with Gasteiger partial charge in [-0.05, 0) is 29.7 Å². The van der Waals surface area contributed by atoms with Crippen molar-refractivity contribution in [2.24, 2.45) is 0 Å². The second kappa shape index (κ2) is 8.03. The van der Waals surface area contributed by atoms with Gasteiger partial charge < -0.3 is 5.32 Å². The Morgan fingerprint density at radius 1 is 0.926 bits per heavy atom. The summed E-state index contributed by atoms with van der Waals surface area (Å²) in [6, 6.07) is 14.9. The van der Waals surface area contributed by atoms with E-state index in [1.54, 1.807) is 23.9 Å². The third-order valence-electron chi connectivity index (χ3n) is 4.29. The predicted octanol–water partition coefficient (Wildman–Crippen LogP) is 4.18. The van der Waals surface area contributed by atoms with Crippen molar-refractivity contribution in [2.45, 2.75) is 19.4 Å². The van der Waals surface area contributed by atoms with Crippen LogP contribution < -0.4 is 9.88 Å². The summed E-state index contributed by atoms with van der Waals surface area (Å²) in [6.45, 7) is 1.63. The number of amides is 1. The summed E-state index contributed by atoms with van der Waals surface area (Å²) in [5, 5.41) is 2.29. The Hall–Kier alpha value is -3.15. The van der Waals surface area contributed by atoms with Gasteiger partial charge in [-0.3, -0.25) is 4.79 Å². The van der Waals surface area contributed by atoms with Crippen molar-refractivity contribution in [2.75, 3.05) is 5.32 Å². The number of benzene rings is 2. The van der Waals surface area contributed by atoms with Gasteiger partial charge in [0.15, 0.2) is 29.8 Å². The van der Waals surface area contributed by atoms with E-state index in [1.807, 2.05) is 42.5 Å². The summed E-state index contributed by atoms with van der Waals surface area (Å²) in [6.07, 6.45) is 4.27. The number of nitrogens with zero attached hydrogens (tertiary/aromatic N) is 1. The summed E-state index contributed by atoms with van der Waals surface area (Å²) < 4.78 is 41.6. The van der Waals surface area contributed by atoms with E-state index >= 15 is 0 Å². The zero-order chi connectivity index (χ0) is 19.4. The highest BCUT2D eigenvalue weighted by atomic mass is 19.2. The van der Waals surface area contributed by atoms with Crippen LogP contribution in [0.5, 0.6) is 0 Å². The van der Waals surface area contributed by atoms with Gasteiger partial charge in [-0.2, -0.15) is 4.57 Å². The molecule has 0 saturated heterocycles. The minimum Gasteiger partial charge on any atom is -0.318 e. The van der Waals surface area contributed by atoms with Crippen molar-refractivity contribution in [3.05, 3.63) is 95.6 Å².